The van der Waals surface area contributed by atoms with Crippen molar-refractivity contribution in [3.05, 3.63) is 84.4 Å². The molecule has 26 heavy (non-hydrogen) atoms. The second-order valence-electron chi connectivity index (χ2n) is 5.24. The van der Waals surface area contributed by atoms with Crippen LogP contribution in [0.25, 0.3) is 0 Å². The van der Waals surface area contributed by atoms with E-state index in [0.717, 1.165) is 15.9 Å². The van der Waals surface area contributed by atoms with Crippen molar-refractivity contribution >= 4 is 34.0 Å². The van der Waals surface area contributed by atoms with Crippen molar-refractivity contribution in [2.75, 3.05) is 0 Å². The molecule has 3 rings (SSSR count). The van der Waals surface area contributed by atoms with Gasteiger partial charge < -0.3 is 4.55 Å². The van der Waals surface area contributed by atoms with Gasteiger partial charge in [0.05, 0.1) is 4.90 Å². The predicted molar refractivity (Wildman–Crippen MR) is 93.0 cm³/mol. The van der Waals surface area contributed by atoms with Gasteiger partial charge in [0.2, 0.25) is 0 Å². The Morgan fingerprint density at radius 1 is 0.654 bits per heavy atom. The third kappa shape index (κ3) is 5.27. The fraction of sp³-hybridized carbons (Fsp3) is 0. The minimum absolute atomic E-state index is 0. The van der Waals surface area contributed by atoms with Gasteiger partial charge in [0.25, 0.3) is 0 Å². The second-order valence-corrected chi connectivity index (χ2v) is 8.84. The molecular weight excluding hydrogens is 404 g/mol. The van der Waals surface area contributed by atoms with Crippen LogP contribution in [-0.4, -0.2) is 13.0 Å². The van der Waals surface area contributed by atoms with E-state index in [2.05, 4.69) is 0 Å². The zero-order valence-electron chi connectivity index (χ0n) is 13.8. The van der Waals surface area contributed by atoms with Gasteiger partial charge in [-0.15, -0.1) is 0 Å². The van der Waals surface area contributed by atoms with Crippen molar-refractivity contribution in [1.82, 2.24) is 0 Å². The Labute approximate surface area is 194 Å². The summed E-state index contributed by atoms with van der Waals surface area (Å²) in [6.07, 6.45) is 0. The number of hydrogen-bond acceptors (Lipinski definition) is 3. The third-order valence-electron chi connectivity index (χ3n) is 3.55. The first-order valence-electron chi connectivity index (χ1n) is 7.22. The van der Waals surface area contributed by atoms with Crippen LogP contribution < -0.4 is 67.3 Å². The molecule has 0 unspecified atom stereocenters. The van der Waals surface area contributed by atoms with E-state index in [1.807, 2.05) is 0 Å². The first kappa shape index (κ1) is 21.8. The number of benzene rings is 3. The van der Waals surface area contributed by atoms with Crippen molar-refractivity contribution in [3.63, 3.8) is 0 Å². The maximum Gasteiger partial charge on any atom is 1.00 e. The Hall–Kier alpha value is -0.504. The van der Waals surface area contributed by atoms with E-state index < -0.39 is 18.0 Å². The van der Waals surface area contributed by atoms with Gasteiger partial charge in [0.15, 0.2) is 0 Å². The summed E-state index contributed by atoms with van der Waals surface area (Å²) in [4.78, 5) is -0.315. The molecule has 0 saturated carbocycles. The Bertz CT molecular complexity index is 931. The summed E-state index contributed by atoms with van der Waals surface area (Å²) in [6, 6.07) is 17.5. The summed E-state index contributed by atoms with van der Waals surface area (Å²) < 4.78 is 59.8. The smallest absolute Gasteiger partial charge is 0.744 e. The molecule has 0 heterocycles. The maximum atomic E-state index is 13.2. The molecular formula is C18H12F2KO3PS. The van der Waals surface area contributed by atoms with Crippen LogP contribution in [0.15, 0.2) is 77.7 Å². The summed E-state index contributed by atoms with van der Waals surface area (Å²) in [6.45, 7) is 0. The van der Waals surface area contributed by atoms with Gasteiger partial charge in [0.1, 0.15) is 21.8 Å². The topological polar surface area (TPSA) is 57.2 Å². The zero-order valence-corrected chi connectivity index (χ0v) is 18.6. The Morgan fingerprint density at radius 2 is 0.962 bits per heavy atom. The molecule has 0 aliphatic heterocycles. The quantitative estimate of drug-likeness (QED) is 0.331. The van der Waals surface area contributed by atoms with Gasteiger partial charge >= 0.3 is 51.4 Å². The molecule has 0 N–H and O–H groups in total. The molecule has 0 fully saturated rings. The molecule has 0 radical (unpaired) electrons. The molecule has 0 saturated heterocycles. The molecule has 0 aliphatic carbocycles. The van der Waals surface area contributed by atoms with Crippen molar-refractivity contribution in [1.29, 1.82) is 0 Å². The first-order chi connectivity index (χ1) is 11.8. The monoisotopic (exact) mass is 416 g/mol. The largest absolute Gasteiger partial charge is 1.00 e. The van der Waals surface area contributed by atoms with Crippen molar-refractivity contribution in [2.24, 2.45) is 0 Å². The van der Waals surface area contributed by atoms with Gasteiger partial charge in [-0.25, -0.2) is 17.2 Å². The van der Waals surface area contributed by atoms with Gasteiger partial charge in [-0.05, 0) is 60.2 Å². The fourth-order valence-electron chi connectivity index (χ4n) is 2.39. The maximum absolute atomic E-state index is 13.2. The van der Waals surface area contributed by atoms with E-state index >= 15 is 0 Å². The molecule has 0 aromatic heterocycles. The van der Waals surface area contributed by atoms with E-state index in [1.54, 1.807) is 36.4 Å². The normalized spacial score (nSPS) is 11.2. The summed E-state index contributed by atoms with van der Waals surface area (Å²) in [7, 11) is -5.68. The molecule has 0 aliphatic rings. The first-order valence-corrected chi connectivity index (χ1v) is 9.97. The molecule has 3 aromatic rings. The molecule has 0 spiro atoms. The second kappa shape index (κ2) is 9.13. The Morgan fingerprint density at radius 3 is 1.27 bits per heavy atom. The van der Waals surface area contributed by atoms with Gasteiger partial charge in [-0.1, -0.05) is 36.4 Å². The van der Waals surface area contributed by atoms with Crippen LogP contribution in [-0.2, 0) is 10.1 Å². The van der Waals surface area contributed by atoms with Crippen LogP contribution in [0.2, 0.25) is 0 Å². The summed E-state index contributed by atoms with van der Waals surface area (Å²) >= 11 is 0. The van der Waals surface area contributed by atoms with E-state index in [-0.39, 0.29) is 67.9 Å². The number of rotatable bonds is 4. The average molecular weight is 416 g/mol. The minimum Gasteiger partial charge on any atom is -0.744 e. The SMILES string of the molecule is O=S(=O)([O-])c1ccc(P(c2ccc(F)cc2)c2ccc(F)cc2)cc1.[K+]. The summed E-state index contributed by atoms with van der Waals surface area (Å²) in [5.74, 6) is -0.740. The van der Waals surface area contributed by atoms with Gasteiger partial charge in [-0.3, -0.25) is 0 Å². The molecule has 8 heteroatoms. The molecule has 0 amide bonds. The van der Waals surface area contributed by atoms with Crippen LogP contribution in [0.1, 0.15) is 0 Å². The minimum atomic E-state index is -4.53. The average Bonchev–Trinajstić information content (AvgIpc) is 2.58. The Balaban J connectivity index is 0.00000243. The zero-order chi connectivity index (χ0) is 18.0. The van der Waals surface area contributed by atoms with E-state index in [0.29, 0.717) is 0 Å². The molecule has 0 bridgehead atoms. The fourth-order valence-corrected chi connectivity index (χ4v) is 5.09. The van der Waals surface area contributed by atoms with E-state index in [1.165, 1.54) is 36.4 Å². The van der Waals surface area contributed by atoms with E-state index in [9.17, 15) is 21.8 Å². The van der Waals surface area contributed by atoms with Crippen LogP contribution in [0, 0.1) is 11.6 Å². The van der Waals surface area contributed by atoms with Crippen LogP contribution in [0.5, 0.6) is 0 Å². The molecule has 0 atom stereocenters. The number of hydrogen-bond donors (Lipinski definition) is 0. The van der Waals surface area contributed by atoms with Crippen LogP contribution in [0.4, 0.5) is 8.78 Å². The van der Waals surface area contributed by atoms with E-state index in [4.69, 9.17) is 0 Å². The number of halogens is 2. The van der Waals surface area contributed by atoms with Crippen molar-refractivity contribution in [2.45, 2.75) is 4.90 Å². The van der Waals surface area contributed by atoms with Crippen molar-refractivity contribution < 1.29 is 73.1 Å². The molecule has 128 valence electrons. The van der Waals surface area contributed by atoms with Crippen LogP contribution >= 0.6 is 7.92 Å². The van der Waals surface area contributed by atoms with Crippen molar-refractivity contribution in [3.8, 4) is 0 Å². The van der Waals surface area contributed by atoms with Crippen LogP contribution in [0.3, 0.4) is 0 Å². The molecule has 3 aromatic carbocycles. The standard InChI is InChI=1S/C18H13F2O3PS.K/c19-13-1-5-15(6-2-13)24(16-7-3-14(20)4-8-16)17-9-11-18(12-10-17)25(21,22)23;/h1-12H,(H,21,22,23);/q;+1/p-1. The summed E-state index contributed by atoms with van der Waals surface area (Å²) in [5, 5.41) is 2.40. The Kier molecular flexibility index (Phi) is 7.65. The summed E-state index contributed by atoms with van der Waals surface area (Å²) in [5.41, 5.74) is 0. The van der Waals surface area contributed by atoms with Gasteiger partial charge in [0, 0.05) is 0 Å². The molecule has 3 nitrogen and oxygen atoms in total. The third-order valence-corrected chi connectivity index (χ3v) is 6.85. The predicted octanol–water partition coefficient (Wildman–Crippen LogP) is -0.369. The van der Waals surface area contributed by atoms with Gasteiger partial charge in [-0.2, -0.15) is 0 Å².